The van der Waals surface area contributed by atoms with E-state index in [1.165, 1.54) is 0 Å². The van der Waals surface area contributed by atoms with E-state index >= 15 is 0 Å². The lowest BCUT2D eigenvalue weighted by Gasteiger charge is -2.30. The number of anilines is 1. The SMILES string of the molecule is CCN(CC)c1ccc(/C=C/C2=CC(=C(C#N)C#N)CC(C)(C)C2)c(O)c1. The summed E-state index contributed by atoms with van der Waals surface area (Å²) in [5.41, 5.74) is 3.76. The van der Waals surface area contributed by atoms with E-state index in [1.54, 1.807) is 6.07 Å². The molecule has 2 rings (SSSR count). The number of nitrogens with zero attached hydrogens (tertiary/aromatic N) is 3. The Bertz CT molecular complexity index is 856. The average molecular weight is 361 g/mol. The van der Waals surface area contributed by atoms with Crippen molar-refractivity contribution in [1.29, 1.82) is 10.5 Å². The number of allylic oxidation sites excluding steroid dienone is 5. The zero-order valence-corrected chi connectivity index (χ0v) is 16.6. The minimum atomic E-state index is -0.0165. The third-order valence-corrected chi connectivity index (χ3v) is 4.88. The number of hydrogen-bond acceptors (Lipinski definition) is 4. The molecule has 0 unspecified atom stereocenters. The minimum absolute atomic E-state index is 0.0165. The molecule has 0 saturated carbocycles. The highest BCUT2D eigenvalue weighted by molar-refractivity contribution is 5.65. The summed E-state index contributed by atoms with van der Waals surface area (Å²) < 4.78 is 0. The molecule has 0 heterocycles. The molecular weight excluding hydrogens is 334 g/mol. The van der Waals surface area contributed by atoms with Crippen LogP contribution in [0.3, 0.4) is 0 Å². The maximum absolute atomic E-state index is 10.4. The molecule has 27 heavy (non-hydrogen) atoms. The zero-order chi connectivity index (χ0) is 20.0. The van der Waals surface area contributed by atoms with Crippen LogP contribution >= 0.6 is 0 Å². The molecule has 4 nitrogen and oxygen atoms in total. The molecule has 0 atom stereocenters. The molecule has 0 radical (unpaired) electrons. The van der Waals surface area contributed by atoms with Crippen LogP contribution in [0.25, 0.3) is 6.08 Å². The van der Waals surface area contributed by atoms with E-state index in [0.29, 0.717) is 6.42 Å². The number of aromatic hydroxyl groups is 1. The Morgan fingerprint density at radius 2 is 1.81 bits per heavy atom. The minimum Gasteiger partial charge on any atom is -0.507 e. The van der Waals surface area contributed by atoms with Crippen molar-refractivity contribution in [2.24, 2.45) is 5.41 Å². The monoisotopic (exact) mass is 361 g/mol. The van der Waals surface area contributed by atoms with Gasteiger partial charge in [0.05, 0.1) is 0 Å². The van der Waals surface area contributed by atoms with Gasteiger partial charge in [-0.05, 0) is 55.4 Å². The van der Waals surface area contributed by atoms with Gasteiger partial charge in [0.25, 0.3) is 0 Å². The number of rotatable bonds is 5. The van der Waals surface area contributed by atoms with Crippen molar-refractivity contribution in [2.75, 3.05) is 18.0 Å². The summed E-state index contributed by atoms with van der Waals surface area (Å²) >= 11 is 0. The summed E-state index contributed by atoms with van der Waals surface area (Å²) in [7, 11) is 0. The lowest BCUT2D eigenvalue weighted by Crippen LogP contribution is -2.21. The molecule has 0 bridgehead atoms. The molecule has 1 aromatic carbocycles. The van der Waals surface area contributed by atoms with Gasteiger partial charge in [-0.2, -0.15) is 10.5 Å². The van der Waals surface area contributed by atoms with Gasteiger partial charge in [-0.1, -0.05) is 32.1 Å². The fourth-order valence-corrected chi connectivity index (χ4v) is 3.55. The maximum atomic E-state index is 10.4. The highest BCUT2D eigenvalue weighted by atomic mass is 16.3. The van der Waals surface area contributed by atoms with Crippen LogP contribution in [0.5, 0.6) is 5.75 Å². The first kappa shape index (κ1) is 20.3. The zero-order valence-electron chi connectivity index (χ0n) is 16.6. The van der Waals surface area contributed by atoms with Crippen LogP contribution in [-0.4, -0.2) is 18.2 Å². The Labute approximate surface area is 162 Å². The predicted octanol–water partition coefficient (Wildman–Crippen LogP) is 5.34. The van der Waals surface area contributed by atoms with Crippen LogP contribution in [-0.2, 0) is 0 Å². The Balaban J connectivity index is 2.33. The van der Waals surface area contributed by atoms with E-state index in [2.05, 4.69) is 32.6 Å². The Kier molecular flexibility index (Phi) is 6.48. The van der Waals surface area contributed by atoms with Crippen LogP contribution in [0.1, 0.15) is 46.1 Å². The molecule has 4 heteroatoms. The molecule has 1 aliphatic carbocycles. The second kappa shape index (κ2) is 8.60. The van der Waals surface area contributed by atoms with Crippen LogP contribution in [0.15, 0.2) is 47.1 Å². The second-order valence-electron chi connectivity index (χ2n) is 7.61. The third-order valence-electron chi connectivity index (χ3n) is 4.88. The van der Waals surface area contributed by atoms with Gasteiger partial charge in [-0.25, -0.2) is 0 Å². The Hall–Kier alpha value is -2.98. The molecule has 0 saturated heterocycles. The second-order valence-corrected chi connectivity index (χ2v) is 7.61. The molecule has 0 spiro atoms. The molecule has 0 aromatic heterocycles. The predicted molar refractivity (Wildman–Crippen MR) is 110 cm³/mol. The first-order chi connectivity index (χ1) is 12.8. The van der Waals surface area contributed by atoms with Gasteiger partial charge in [-0.15, -0.1) is 0 Å². The van der Waals surface area contributed by atoms with Gasteiger partial charge in [-0.3, -0.25) is 0 Å². The van der Waals surface area contributed by atoms with Crippen molar-refractivity contribution < 1.29 is 5.11 Å². The Morgan fingerprint density at radius 1 is 1.15 bits per heavy atom. The molecular formula is C23H27N3O. The quantitative estimate of drug-likeness (QED) is 0.718. The number of nitriles is 2. The molecule has 1 aliphatic rings. The van der Waals surface area contributed by atoms with Crippen LogP contribution in [0.2, 0.25) is 0 Å². The van der Waals surface area contributed by atoms with E-state index in [4.69, 9.17) is 0 Å². The molecule has 140 valence electrons. The van der Waals surface area contributed by atoms with E-state index in [9.17, 15) is 15.6 Å². The van der Waals surface area contributed by atoms with Crippen LogP contribution in [0, 0.1) is 28.1 Å². The van der Waals surface area contributed by atoms with Crippen molar-refractivity contribution in [1.82, 2.24) is 0 Å². The topological polar surface area (TPSA) is 71.0 Å². The lowest BCUT2D eigenvalue weighted by molar-refractivity contribution is 0.354. The van der Waals surface area contributed by atoms with Crippen LogP contribution < -0.4 is 4.90 Å². The molecule has 0 fully saturated rings. The normalized spacial score (nSPS) is 15.8. The highest BCUT2D eigenvalue weighted by Crippen LogP contribution is 2.39. The Morgan fingerprint density at radius 3 is 2.37 bits per heavy atom. The maximum Gasteiger partial charge on any atom is 0.132 e. The third kappa shape index (κ3) is 5.02. The molecule has 0 amide bonds. The van der Waals surface area contributed by atoms with Gasteiger partial charge < -0.3 is 10.0 Å². The first-order valence-electron chi connectivity index (χ1n) is 9.33. The number of phenols is 1. The van der Waals surface area contributed by atoms with E-state index < -0.39 is 0 Å². The summed E-state index contributed by atoms with van der Waals surface area (Å²) in [5, 5.41) is 28.7. The fraction of sp³-hybridized carbons (Fsp3) is 0.391. The van der Waals surface area contributed by atoms with E-state index in [0.717, 1.165) is 41.9 Å². The summed E-state index contributed by atoms with van der Waals surface area (Å²) in [6.45, 7) is 10.2. The van der Waals surface area contributed by atoms with E-state index in [-0.39, 0.29) is 16.7 Å². The smallest absolute Gasteiger partial charge is 0.132 e. The summed E-state index contributed by atoms with van der Waals surface area (Å²) in [6, 6.07) is 9.72. The van der Waals surface area contributed by atoms with Gasteiger partial charge >= 0.3 is 0 Å². The first-order valence-corrected chi connectivity index (χ1v) is 9.33. The largest absolute Gasteiger partial charge is 0.507 e. The molecule has 1 N–H and O–H groups in total. The summed E-state index contributed by atoms with van der Waals surface area (Å²) in [6.07, 6.45) is 7.37. The van der Waals surface area contributed by atoms with Gasteiger partial charge in [0.1, 0.15) is 23.5 Å². The number of hydrogen-bond donors (Lipinski definition) is 1. The molecule has 1 aromatic rings. The highest BCUT2D eigenvalue weighted by Gasteiger charge is 2.26. The average Bonchev–Trinajstić information content (AvgIpc) is 2.62. The van der Waals surface area contributed by atoms with Crippen molar-refractivity contribution in [2.45, 2.75) is 40.5 Å². The lowest BCUT2D eigenvalue weighted by atomic mass is 9.74. The number of phenolic OH excluding ortho intramolecular Hbond substituents is 1. The summed E-state index contributed by atoms with van der Waals surface area (Å²) in [4.78, 5) is 2.18. The fourth-order valence-electron chi connectivity index (χ4n) is 3.55. The number of benzene rings is 1. The van der Waals surface area contributed by atoms with Gasteiger partial charge in [0.2, 0.25) is 0 Å². The van der Waals surface area contributed by atoms with Gasteiger partial charge in [0.15, 0.2) is 0 Å². The standard InChI is InChI=1S/C23H27N3O/c1-5-26(6-2)21-10-9-18(22(27)12-21)8-7-17-11-19(20(15-24)16-25)14-23(3,4)13-17/h7-12,27H,5-6,13-14H2,1-4H3/b8-7+. The van der Waals surface area contributed by atoms with E-state index in [1.807, 2.05) is 42.5 Å². The van der Waals surface area contributed by atoms with Crippen molar-refractivity contribution in [3.63, 3.8) is 0 Å². The summed E-state index contributed by atoms with van der Waals surface area (Å²) in [5.74, 6) is 0.247. The van der Waals surface area contributed by atoms with Crippen molar-refractivity contribution in [3.05, 3.63) is 52.6 Å². The van der Waals surface area contributed by atoms with Crippen molar-refractivity contribution >= 4 is 11.8 Å². The van der Waals surface area contributed by atoms with Crippen molar-refractivity contribution in [3.8, 4) is 17.9 Å². The van der Waals surface area contributed by atoms with Gasteiger partial charge in [0, 0.05) is 30.4 Å². The van der Waals surface area contributed by atoms with Crippen LogP contribution in [0.4, 0.5) is 5.69 Å². The molecule has 0 aliphatic heterocycles.